The highest BCUT2D eigenvalue weighted by atomic mass is 32.7. The Bertz CT molecular complexity index is 2050. The van der Waals surface area contributed by atoms with Gasteiger partial charge in [-0.2, -0.15) is 4.98 Å². The normalized spacial score (nSPS) is 37.1. The van der Waals surface area contributed by atoms with Crippen molar-refractivity contribution in [1.29, 1.82) is 0 Å². The molecule has 10 atom stereocenters. The quantitative estimate of drug-likeness (QED) is 0.142. The van der Waals surface area contributed by atoms with Crippen LogP contribution in [0.4, 0.5) is 11.8 Å². The molecule has 0 amide bonds. The number of aromatic amines is 1. The van der Waals surface area contributed by atoms with E-state index in [2.05, 4.69) is 42.2 Å². The number of aliphatic hydroxyl groups excluding tert-OH is 1. The van der Waals surface area contributed by atoms with E-state index in [-0.39, 0.29) is 42.6 Å². The average molecular weight is 745 g/mol. The molecule has 7 rings (SSSR count). The van der Waals surface area contributed by atoms with Crippen LogP contribution in [0.25, 0.3) is 22.3 Å². The summed E-state index contributed by atoms with van der Waals surface area (Å²) in [6, 6.07) is -0.758. The van der Waals surface area contributed by atoms with Crippen LogP contribution in [-0.2, 0) is 41.2 Å². The van der Waals surface area contributed by atoms with Gasteiger partial charge in [0.2, 0.25) is 5.95 Å². The molecule has 2 saturated heterocycles. The molecule has 4 aromatic rings. The van der Waals surface area contributed by atoms with Gasteiger partial charge in [0.25, 0.3) is 5.56 Å². The minimum absolute atomic E-state index is 0.0353. The van der Waals surface area contributed by atoms with Crippen LogP contribution in [-0.4, -0.2) is 102 Å². The largest absolute Gasteiger partial charge is 0.475 e. The van der Waals surface area contributed by atoms with Crippen LogP contribution >= 0.6 is 26.9 Å². The summed E-state index contributed by atoms with van der Waals surface area (Å²) in [5.74, 6) is -0.0390. The minimum Gasteiger partial charge on any atom is -0.388 e. The molecule has 1 saturated carbocycles. The number of nitrogens with zero attached hydrogens (tertiary/aromatic N) is 7. The fourth-order valence-electron chi connectivity index (χ4n) is 6.60. The smallest absolute Gasteiger partial charge is 0.388 e. The number of imidazole rings is 2. The number of phosphoric acid groups is 1. The number of hydrogen-bond acceptors (Lipinski definition) is 18. The lowest BCUT2D eigenvalue weighted by Gasteiger charge is -2.34. The first kappa shape index (κ1) is 34.4. The van der Waals surface area contributed by atoms with Gasteiger partial charge < -0.3 is 30.6 Å². The van der Waals surface area contributed by atoms with Gasteiger partial charge in [-0.15, -0.1) is 0 Å². The van der Waals surface area contributed by atoms with Crippen molar-refractivity contribution >= 4 is 61.0 Å². The number of rotatable bonds is 5. The van der Waals surface area contributed by atoms with Gasteiger partial charge in [-0.1, -0.05) is 19.2 Å². The number of anilines is 2. The molecule has 21 nitrogen and oxygen atoms in total. The number of nitrogen functional groups attached to an aromatic ring is 2. The van der Waals surface area contributed by atoms with E-state index in [1.54, 1.807) is 18.4 Å². The molecular formula is C25H34N10O11P2S. The van der Waals surface area contributed by atoms with Gasteiger partial charge in [0.05, 0.1) is 38.5 Å². The summed E-state index contributed by atoms with van der Waals surface area (Å²) in [6.07, 6.45) is -3.03. The molecule has 3 fully saturated rings. The summed E-state index contributed by atoms with van der Waals surface area (Å²) in [6.45, 7) is -1.88. The van der Waals surface area contributed by atoms with E-state index in [1.165, 1.54) is 30.7 Å². The van der Waals surface area contributed by atoms with Crippen LogP contribution in [0, 0.1) is 5.41 Å². The molecular weight excluding hydrogens is 710 g/mol. The van der Waals surface area contributed by atoms with Gasteiger partial charge in [0, 0.05) is 12.5 Å². The highest BCUT2D eigenvalue weighted by Crippen LogP contribution is 2.62. The Labute approximate surface area is 282 Å². The number of nitrogens with one attached hydrogen (secondary N) is 1. The number of methoxy groups -OCH3 is 1. The first-order valence-corrected chi connectivity index (χ1v) is 19.2. The predicted octanol–water partition coefficient (Wildman–Crippen LogP) is 1.35. The van der Waals surface area contributed by atoms with E-state index in [9.17, 15) is 19.0 Å². The maximum atomic E-state index is 14.4. The number of thiol groups is 1. The van der Waals surface area contributed by atoms with Gasteiger partial charge in [-0.3, -0.25) is 37.0 Å². The van der Waals surface area contributed by atoms with E-state index in [0.717, 1.165) is 0 Å². The number of ether oxygens (including phenoxy) is 2. The number of fused-ring (bicyclic) bond motifs is 5. The minimum atomic E-state index is -4.49. The van der Waals surface area contributed by atoms with Gasteiger partial charge >= 0.3 is 14.6 Å². The zero-order valence-corrected chi connectivity index (χ0v) is 28.9. The molecule has 266 valence electrons. The van der Waals surface area contributed by atoms with E-state index >= 15 is 0 Å². The number of aromatic nitrogens is 8. The first-order chi connectivity index (χ1) is 23.3. The van der Waals surface area contributed by atoms with Crippen molar-refractivity contribution in [3.63, 3.8) is 0 Å². The highest BCUT2D eigenvalue weighted by Gasteiger charge is 2.57. The second-order valence-electron chi connectivity index (χ2n) is 12.0. The van der Waals surface area contributed by atoms with Gasteiger partial charge in [-0.25, -0.2) is 29.1 Å². The summed E-state index contributed by atoms with van der Waals surface area (Å²) in [5.41, 5.74) is 10.6. The molecule has 2 bridgehead atoms. The third kappa shape index (κ3) is 6.08. The van der Waals surface area contributed by atoms with Crippen LogP contribution in [0.5, 0.6) is 0 Å². The lowest BCUT2D eigenvalue weighted by Crippen LogP contribution is -2.39. The molecule has 0 radical (unpaired) electrons. The SMILES string of the molecule is CCO[P@@]1(=O)OC[C@@]2(C)C[C@@H](n3cnc4c(N)ncnc43)[C@H](O)[C@@H]2O[P@](=O)(S)OC[C@H]2O[C@@H](n3cnc4c(=O)[nH]c(N)nc43)[C@H](O1)[C@@H]2OC. The van der Waals surface area contributed by atoms with E-state index in [4.69, 9.17) is 43.6 Å². The summed E-state index contributed by atoms with van der Waals surface area (Å²) >= 11 is 4.23. The van der Waals surface area contributed by atoms with Crippen molar-refractivity contribution in [3.05, 3.63) is 29.3 Å². The molecule has 6 N–H and O–H groups in total. The second kappa shape index (κ2) is 12.6. The lowest BCUT2D eigenvalue weighted by molar-refractivity contribution is -0.0650. The standard InChI is InChI=1S/C25H34N10O11P2S/c1-4-41-47(38)43-7-25(2)5-11(34-9-30-13-19(26)28-8-29-20(13)34)15(36)18(25)46-48(39,49)42-6-12-16(40-3)17(45-47)23(44-12)35-10-31-14-21(35)32-24(27)33-22(14)37/h8-12,15-18,23,36H,4-7H2,1-3H3,(H,39,49)(H2,26,28,29)(H3,27,32,33,37)/t11-,12-,15+,16-,17-,18+,23-,25-,47+,48-/m1/s1. The van der Waals surface area contributed by atoms with Crippen LogP contribution in [0.15, 0.2) is 23.8 Å². The number of H-pyrrole nitrogens is 1. The topological polar surface area (TPSA) is 278 Å². The van der Waals surface area contributed by atoms with Crippen molar-refractivity contribution in [2.75, 3.05) is 38.4 Å². The summed E-state index contributed by atoms with van der Waals surface area (Å²) < 4.78 is 72.6. The van der Waals surface area contributed by atoms with Crippen molar-refractivity contribution in [1.82, 2.24) is 39.0 Å². The molecule has 24 heteroatoms. The Kier molecular flexibility index (Phi) is 8.88. The molecule has 2 aliphatic heterocycles. The summed E-state index contributed by atoms with van der Waals surface area (Å²) in [5, 5.41) is 11.7. The molecule has 0 spiro atoms. The molecule has 0 unspecified atom stereocenters. The zero-order valence-electron chi connectivity index (χ0n) is 26.3. The van der Waals surface area contributed by atoms with Gasteiger partial charge in [-0.05, 0) is 13.3 Å². The molecule has 0 aromatic carbocycles. The van der Waals surface area contributed by atoms with Crippen molar-refractivity contribution in [2.24, 2.45) is 5.41 Å². The number of hydrogen-bond donors (Lipinski definition) is 5. The molecule has 1 aliphatic carbocycles. The average Bonchev–Trinajstić information content (AvgIpc) is 3.80. The third-order valence-electron chi connectivity index (χ3n) is 8.83. The van der Waals surface area contributed by atoms with Gasteiger partial charge in [0.1, 0.15) is 42.4 Å². The molecule has 49 heavy (non-hydrogen) atoms. The van der Waals surface area contributed by atoms with Crippen molar-refractivity contribution in [2.45, 2.75) is 63.1 Å². The lowest BCUT2D eigenvalue weighted by atomic mass is 9.87. The molecule has 4 aromatic heterocycles. The van der Waals surface area contributed by atoms with Crippen LogP contribution in [0.3, 0.4) is 0 Å². The maximum Gasteiger partial charge on any atom is 0.475 e. The molecule has 3 aliphatic rings. The van der Waals surface area contributed by atoms with Crippen molar-refractivity contribution in [3.8, 4) is 0 Å². The number of phosphoric ester groups is 1. The zero-order chi connectivity index (χ0) is 34.9. The summed E-state index contributed by atoms with van der Waals surface area (Å²) in [7, 11) is -3.14. The Balaban J connectivity index is 1.27. The van der Waals surface area contributed by atoms with Crippen molar-refractivity contribution < 1.29 is 46.3 Å². The number of nitrogens with two attached hydrogens (primary N) is 2. The Hall–Kier alpha value is -3.01. The Morgan fingerprint density at radius 1 is 1.12 bits per heavy atom. The highest BCUT2D eigenvalue weighted by molar-refractivity contribution is 8.44. The van der Waals surface area contributed by atoms with E-state index < -0.39 is 75.0 Å². The third-order valence-corrected chi connectivity index (χ3v) is 12.0. The fraction of sp³-hybridized carbons (Fsp3) is 0.600. The predicted molar refractivity (Wildman–Crippen MR) is 172 cm³/mol. The van der Waals surface area contributed by atoms with E-state index in [0.29, 0.717) is 11.2 Å². The maximum absolute atomic E-state index is 14.4. The Morgan fingerprint density at radius 3 is 2.63 bits per heavy atom. The second-order valence-corrected chi connectivity index (χ2v) is 16.5. The molecule has 6 heterocycles. The van der Waals surface area contributed by atoms with E-state index in [1.807, 2.05) is 0 Å². The van der Waals surface area contributed by atoms with Crippen LogP contribution in [0.2, 0.25) is 0 Å². The van der Waals surface area contributed by atoms with Crippen LogP contribution < -0.4 is 17.0 Å². The van der Waals surface area contributed by atoms with Crippen LogP contribution in [0.1, 0.15) is 32.5 Å². The first-order valence-electron chi connectivity index (χ1n) is 15.0. The Morgan fingerprint density at radius 2 is 1.88 bits per heavy atom. The summed E-state index contributed by atoms with van der Waals surface area (Å²) in [4.78, 5) is 35.8. The van der Waals surface area contributed by atoms with Gasteiger partial charge in [0.15, 0.2) is 28.9 Å². The fourth-order valence-corrected chi connectivity index (χ4v) is 9.66. The number of aliphatic hydroxyl groups is 1. The monoisotopic (exact) mass is 744 g/mol.